The maximum absolute atomic E-state index is 12.2. The highest BCUT2D eigenvalue weighted by Crippen LogP contribution is 2.67. The fraction of sp³-hybridized carbons (Fsp3) is 0.826. The molecular formula is C23H35NO4. The SMILES string of the molecule is CCOC(=O)CC1(O)CC[C@H]2[C@@H]3CCC4N(C)C(=O)C=C[C@]4(C)[C@@H]3CC[C@@]21C. The van der Waals surface area contributed by atoms with Gasteiger partial charge in [0.05, 0.1) is 18.6 Å². The third-order valence-electron chi connectivity index (χ3n) is 9.19. The smallest absolute Gasteiger partial charge is 0.308 e. The molecule has 0 spiro atoms. The summed E-state index contributed by atoms with van der Waals surface area (Å²) in [5.74, 6) is 1.34. The van der Waals surface area contributed by atoms with E-state index in [-0.39, 0.29) is 35.2 Å². The first-order valence-corrected chi connectivity index (χ1v) is 11.0. The fourth-order valence-corrected chi connectivity index (χ4v) is 7.59. The van der Waals surface area contributed by atoms with Gasteiger partial charge in [0, 0.05) is 18.5 Å². The molecule has 0 radical (unpaired) electrons. The number of aliphatic hydroxyl groups is 1. The second-order valence-electron chi connectivity index (χ2n) is 10.1. The number of fused-ring (bicyclic) bond motifs is 5. The Hall–Kier alpha value is -1.36. The first-order chi connectivity index (χ1) is 13.2. The van der Waals surface area contributed by atoms with E-state index in [9.17, 15) is 14.7 Å². The molecule has 5 nitrogen and oxygen atoms in total. The third kappa shape index (κ3) is 2.61. The molecule has 0 bridgehead atoms. The van der Waals surface area contributed by atoms with Crippen molar-refractivity contribution < 1.29 is 19.4 Å². The maximum Gasteiger partial charge on any atom is 0.308 e. The normalized spacial score (nSPS) is 47.3. The Kier molecular flexibility index (Phi) is 4.68. The van der Waals surface area contributed by atoms with Gasteiger partial charge < -0.3 is 14.7 Å². The Balaban J connectivity index is 1.61. The highest BCUT2D eigenvalue weighted by molar-refractivity contribution is 5.89. The molecule has 1 N–H and O–H groups in total. The molecule has 0 saturated heterocycles. The number of nitrogens with zero attached hydrogens (tertiary/aromatic N) is 1. The summed E-state index contributed by atoms with van der Waals surface area (Å²) in [6.45, 7) is 6.71. The average Bonchev–Trinajstić information content (AvgIpc) is 2.90. The summed E-state index contributed by atoms with van der Waals surface area (Å²) in [5.41, 5.74) is -1.18. The molecule has 1 aliphatic heterocycles. The van der Waals surface area contributed by atoms with Crippen molar-refractivity contribution in [2.24, 2.45) is 28.6 Å². The number of carbonyl (C=O) groups excluding carboxylic acids is 2. The first kappa shape index (κ1) is 19.9. The van der Waals surface area contributed by atoms with E-state index >= 15 is 0 Å². The first-order valence-electron chi connectivity index (χ1n) is 11.0. The number of rotatable bonds is 3. The monoisotopic (exact) mass is 389 g/mol. The Labute approximate surface area is 168 Å². The Morgan fingerprint density at radius 1 is 1.21 bits per heavy atom. The van der Waals surface area contributed by atoms with E-state index in [0.717, 1.165) is 32.1 Å². The number of hydrogen-bond acceptors (Lipinski definition) is 4. The van der Waals surface area contributed by atoms with Crippen LogP contribution in [0.4, 0.5) is 0 Å². The molecule has 0 aromatic carbocycles. The van der Waals surface area contributed by atoms with E-state index < -0.39 is 5.60 Å². The molecule has 28 heavy (non-hydrogen) atoms. The number of likely N-dealkylation sites (N-methyl/N-ethyl adjacent to an activating group) is 1. The quantitative estimate of drug-likeness (QED) is 0.752. The summed E-state index contributed by atoms with van der Waals surface area (Å²) in [4.78, 5) is 26.3. The zero-order valence-corrected chi connectivity index (χ0v) is 17.7. The van der Waals surface area contributed by atoms with Crippen molar-refractivity contribution in [1.29, 1.82) is 0 Å². The second kappa shape index (κ2) is 6.58. The standard InChI is InChI=1S/C23H35NO4/c1-5-28-20(26)14-23(27)13-9-17-15-6-7-18-21(2,11-10-19(25)24(18)4)16(15)8-12-22(17,23)3/h10-11,15-18,27H,5-9,12-14H2,1-4H3/t15-,16-,17+,18?,21-,22+,23?/m1/s1. The lowest BCUT2D eigenvalue weighted by atomic mass is 9.47. The molecule has 3 saturated carbocycles. The number of ether oxygens (including phenoxy) is 1. The van der Waals surface area contributed by atoms with E-state index in [2.05, 4.69) is 19.9 Å². The van der Waals surface area contributed by atoms with Gasteiger partial charge in [-0.25, -0.2) is 0 Å². The van der Waals surface area contributed by atoms with Crippen LogP contribution in [0.15, 0.2) is 12.2 Å². The Morgan fingerprint density at radius 2 is 1.93 bits per heavy atom. The second-order valence-corrected chi connectivity index (χ2v) is 10.1. The van der Waals surface area contributed by atoms with Crippen molar-refractivity contribution in [3.05, 3.63) is 12.2 Å². The van der Waals surface area contributed by atoms with Crippen molar-refractivity contribution >= 4 is 11.9 Å². The number of amides is 1. The molecule has 0 aromatic heterocycles. The average molecular weight is 390 g/mol. The highest BCUT2D eigenvalue weighted by atomic mass is 16.5. The van der Waals surface area contributed by atoms with Crippen LogP contribution in [0.25, 0.3) is 0 Å². The molecule has 156 valence electrons. The predicted molar refractivity (Wildman–Crippen MR) is 106 cm³/mol. The van der Waals surface area contributed by atoms with E-state index in [1.165, 1.54) is 0 Å². The summed E-state index contributed by atoms with van der Waals surface area (Å²) < 4.78 is 5.16. The van der Waals surface area contributed by atoms with E-state index in [0.29, 0.717) is 30.8 Å². The van der Waals surface area contributed by atoms with Gasteiger partial charge in [0.2, 0.25) is 5.91 Å². The lowest BCUT2D eigenvalue weighted by Gasteiger charge is -2.61. The van der Waals surface area contributed by atoms with Crippen molar-refractivity contribution in [3.8, 4) is 0 Å². The number of hydrogen-bond donors (Lipinski definition) is 1. The van der Waals surface area contributed by atoms with Crippen molar-refractivity contribution in [2.75, 3.05) is 13.7 Å². The van der Waals surface area contributed by atoms with Crippen LogP contribution in [0.3, 0.4) is 0 Å². The topological polar surface area (TPSA) is 66.8 Å². The van der Waals surface area contributed by atoms with E-state index in [1.54, 1.807) is 6.08 Å². The fourth-order valence-electron chi connectivity index (χ4n) is 7.59. The third-order valence-corrected chi connectivity index (χ3v) is 9.19. The zero-order valence-electron chi connectivity index (χ0n) is 17.7. The summed E-state index contributed by atoms with van der Waals surface area (Å²) >= 11 is 0. The van der Waals surface area contributed by atoms with Crippen molar-refractivity contribution in [2.45, 2.75) is 77.4 Å². The molecule has 4 rings (SSSR count). The summed E-state index contributed by atoms with van der Waals surface area (Å²) in [6, 6.07) is 0.274. The van der Waals surface area contributed by atoms with Gasteiger partial charge >= 0.3 is 5.97 Å². The highest BCUT2D eigenvalue weighted by Gasteiger charge is 2.65. The van der Waals surface area contributed by atoms with Gasteiger partial charge in [-0.15, -0.1) is 0 Å². The number of esters is 1. The molecular weight excluding hydrogens is 354 g/mol. The van der Waals surface area contributed by atoms with E-state index in [4.69, 9.17) is 4.74 Å². The molecule has 4 aliphatic rings. The van der Waals surface area contributed by atoms with E-state index in [1.807, 2.05) is 18.9 Å². The van der Waals surface area contributed by atoms with Gasteiger partial charge in [-0.2, -0.15) is 0 Å². The summed E-state index contributed by atoms with van der Waals surface area (Å²) in [5, 5.41) is 11.5. The van der Waals surface area contributed by atoms with Gasteiger partial charge in [-0.05, 0) is 74.7 Å². The predicted octanol–water partition coefficient (Wildman–Crippen LogP) is 3.31. The van der Waals surface area contributed by atoms with Crippen molar-refractivity contribution in [1.82, 2.24) is 4.90 Å². The summed E-state index contributed by atoms with van der Waals surface area (Å²) in [7, 11) is 1.94. The molecule has 3 aliphatic carbocycles. The largest absolute Gasteiger partial charge is 0.466 e. The van der Waals surface area contributed by atoms with Gasteiger partial charge in [-0.1, -0.05) is 19.9 Å². The molecule has 1 amide bonds. The van der Waals surface area contributed by atoms with Crippen molar-refractivity contribution in [3.63, 3.8) is 0 Å². The van der Waals surface area contributed by atoms with Gasteiger partial charge in [-0.3, -0.25) is 9.59 Å². The molecule has 3 fully saturated rings. The molecule has 2 unspecified atom stereocenters. The molecule has 1 heterocycles. The van der Waals surface area contributed by atoms with Crippen LogP contribution in [-0.4, -0.2) is 47.2 Å². The van der Waals surface area contributed by atoms with Crippen LogP contribution in [0.1, 0.15) is 65.7 Å². The maximum atomic E-state index is 12.2. The van der Waals surface area contributed by atoms with Crippen LogP contribution >= 0.6 is 0 Å². The van der Waals surface area contributed by atoms with Gasteiger partial charge in [0.25, 0.3) is 0 Å². The molecule has 5 heteroatoms. The van der Waals surface area contributed by atoms with Gasteiger partial charge in [0.15, 0.2) is 0 Å². The van der Waals surface area contributed by atoms with Crippen LogP contribution in [0, 0.1) is 28.6 Å². The lowest BCUT2D eigenvalue weighted by Crippen LogP contribution is -2.61. The van der Waals surface area contributed by atoms with Crippen LogP contribution < -0.4 is 0 Å². The Bertz CT molecular complexity index is 705. The van der Waals surface area contributed by atoms with Crippen LogP contribution in [-0.2, 0) is 14.3 Å². The molecule has 7 atom stereocenters. The van der Waals surface area contributed by atoms with Crippen LogP contribution in [0.2, 0.25) is 0 Å². The zero-order chi connectivity index (χ0) is 20.3. The van der Waals surface area contributed by atoms with Gasteiger partial charge in [0.1, 0.15) is 0 Å². The summed E-state index contributed by atoms with van der Waals surface area (Å²) in [6.07, 6.45) is 9.82. The molecule has 0 aromatic rings. The minimum absolute atomic E-state index is 0.00868. The lowest BCUT2D eigenvalue weighted by molar-refractivity contribution is -0.166. The van der Waals surface area contributed by atoms with Crippen LogP contribution in [0.5, 0.6) is 0 Å². The minimum Gasteiger partial charge on any atom is -0.466 e. The minimum atomic E-state index is -0.957. The Morgan fingerprint density at radius 3 is 2.64 bits per heavy atom. The number of carbonyl (C=O) groups is 2.